The maximum absolute atomic E-state index is 9.49. The SMILES string of the molecule is C/C(=C\CCCOC(CO)C(O)CO)CCCC(C)CCCC(C)CCCC(C)C. The van der Waals surface area contributed by atoms with Gasteiger partial charge < -0.3 is 20.1 Å². The lowest BCUT2D eigenvalue weighted by atomic mass is 9.91. The zero-order valence-electron chi connectivity index (χ0n) is 20.6. The lowest BCUT2D eigenvalue weighted by Gasteiger charge is -2.19. The topological polar surface area (TPSA) is 69.9 Å². The smallest absolute Gasteiger partial charge is 0.109 e. The average molecular weight is 429 g/mol. The van der Waals surface area contributed by atoms with Gasteiger partial charge in [-0.1, -0.05) is 84.3 Å². The van der Waals surface area contributed by atoms with Crippen LogP contribution in [0.4, 0.5) is 0 Å². The molecule has 4 unspecified atom stereocenters. The lowest BCUT2D eigenvalue weighted by molar-refractivity contribution is -0.0797. The molecule has 0 aromatic rings. The van der Waals surface area contributed by atoms with Crippen LogP contribution in [0.5, 0.6) is 0 Å². The van der Waals surface area contributed by atoms with Crippen molar-refractivity contribution in [3.8, 4) is 0 Å². The normalized spacial score (nSPS) is 16.6. The summed E-state index contributed by atoms with van der Waals surface area (Å²) in [6, 6.07) is 0. The van der Waals surface area contributed by atoms with E-state index in [-0.39, 0.29) is 13.2 Å². The van der Waals surface area contributed by atoms with Gasteiger partial charge in [-0.3, -0.25) is 0 Å². The second-order valence-electron chi connectivity index (χ2n) is 9.89. The highest BCUT2D eigenvalue weighted by molar-refractivity contribution is 4.97. The minimum absolute atomic E-state index is 0.272. The van der Waals surface area contributed by atoms with Gasteiger partial charge in [-0.2, -0.15) is 0 Å². The Morgan fingerprint density at radius 3 is 1.90 bits per heavy atom. The maximum atomic E-state index is 9.49. The van der Waals surface area contributed by atoms with E-state index in [0.717, 1.165) is 30.6 Å². The van der Waals surface area contributed by atoms with Crippen LogP contribution in [0.3, 0.4) is 0 Å². The highest BCUT2D eigenvalue weighted by Crippen LogP contribution is 2.22. The molecule has 0 saturated carbocycles. The first-order valence-electron chi connectivity index (χ1n) is 12.5. The Bertz CT molecular complexity index is 408. The van der Waals surface area contributed by atoms with E-state index in [1.54, 1.807) is 0 Å². The second kappa shape index (κ2) is 19.3. The van der Waals surface area contributed by atoms with Gasteiger partial charge >= 0.3 is 0 Å². The highest BCUT2D eigenvalue weighted by Gasteiger charge is 2.17. The Morgan fingerprint density at radius 1 is 0.800 bits per heavy atom. The van der Waals surface area contributed by atoms with E-state index in [1.807, 2.05) is 0 Å². The van der Waals surface area contributed by atoms with Crippen molar-refractivity contribution in [2.75, 3.05) is 19.8 Å². The Labute approximate surface area is 187 Å². The summed E-state index contributed by atoms with van der Waals surface area (Å²) in [4.78, 5) is 0. The van der Waals surface area contributed by atoms with E-state index in [9.17, 15) is 5.11 Å². The van der Waals surface area contributed by atoms with Crippen LogP contribution in [-0.4, -0.2) is 47.3 Å². The van der Waals surface area contributed by atoms with Crippen LogP contribution in [0.25, 0.3) is 0 Å². The van der Waals surface area contributed by atoms with Crippen molar-refractivity contribution in [1.82, 2.24) is 0 Å². The zero-order valence-corrected chi connectivity index (χ0v) is 20.6. The number of aliphatic hydroxyl groups excluding tert-OH is 3. The Kier molecular flexibility index (Phi) is 19.0. The van der Waals surface area contributed by atoms with Gasteiger partial charge in [0, 0.05) is 6.61 Å². The third-order valence-corrected chi connectivity index (χ3v) is 6.11. The first kappa shape index (κ1) is 29.6. The maximum Gasteiger partial charge on any atom is 0.109 e. The number of allylic oxidation sites excluding steroid dienone is 2. The third-order valence-electron chi connectivity index (χ3n) is 6.11. The molecule has 3 N–H and O–H groups in total. The molecular weight excluding hydrogens is 376 g/mol. The molecule has 0 aromatic heterocycles. The fraction of sp³-hybridized carbons (Fsp3) is 0.923. The van der Waals surface area contributed by atoms with Crippen molar-refractivity contribution in [1.29, 1.82) is 0 Å². The molecule has 0 aromatic carbocycles. The first-order chi connectivity index (χ1) is 14.3. The number of hydrogen-bond donors (Lipinski definition) is 3. The Balaban J connectivity index is 3.73. The molecule has 30 heavy (non-hydrogen) atoms. The van der Waals surface area contributed by atoms with Crippen molar-refractivity contribution in [2.45, 2.75) is 117 Å². The van der Waals surface area contributed by atoms with E-state index < -0.39 is 12.2 Å². The number of ether oxygens (including phenoxy) is 1. The van der Waals surface area contributed by atoms with Crippen LogP contribution in [0.1, 0.15) is 105 Å². The highest BCUT2D eigenvalue weighted by atomic mass is 16.5. The van der Waals surface area contributed by atoms with Crippen LogP contribution in [0.2, 0.25) is 0 Å². The Hall–Kier alpha value is -0.420. The molecule has 0 spiro atoms. The predicted molar refractivity (Wildman–Crippen MR) is 128 cm³/mol. The monoisotopic (exact) mass is 428 g/mol. The fourth-order valence-electron chi connectivity index (χ4n) is 3.88. The van der Waals surface area contributed by atoms with E-state index in [0.29, 0.717) is 6.61 Å². The Morgan fingerprint density at radius 2 is 1.37 bits per heavy atom. The molecule has 0 radical (unpaired) electrons. The summed E-state index contributed by atoms with van der Waals surface area (Å²) in [5.74, 6) is 2.54. The molecule has 0 amide bonds. The number of rotatable bonds is 20. The van der Waals surface area contributed by atoms with E-state index in [2.05, 4.69) is 40.7 Å². The van der Waals surface area contributed by atoms with Crippen molar-refractivity contribution in [3.63, 3.8) is 0 Å². The molecule has 0 heterocycles. The van der Waals surface area contributed by atoms with Crippen molar-refractivity contribution in [2.24, 2.45) is 17.8 Å². The number of hydrogen-bond acceptors (Lipinski definition) is 4. The molecule has 0 bridgehead atoms. The summed E-state index contributed by atoms with van der Waals surface area (Å²) < 4.78 is 5.44. The molecule has 0 fully saturated rings. The molecule has 0 aliphatic carbocycles. The van der Waals surface area contributed by atoms with Gasteiger partial charge in [-0.25, -0.2) is 0 Å². The van der Waals surface area contributed by atoms with Gasteiger partial charge in [0.25, 0.3) is 0 Å². The van der Waals surface area contributed by atoms with E-state index in [1.165, 1.54) is 63.4 Å². The molecule has 0 aliphatic heterocycles. The summed E-state index contributed by atoms with van der Waals surface area (Å²) in [5.41, 5.74) is 1.44. The summed E-state index contributed by atoms with van der Waals surface area (Å²) in [6.45, 7) is 11.5. The summed E-state index contributed by atoms with van der Waals surface area (Å²) in [5, 5.41) is 27.5. The minimum Gasteiger partial charge on any atom is -0.394 e. The van der Waals surface area contributed by atoms with Crippen LogP contribution in [-0.2, 0) is 4.74 Å². The molecule has 0 aliphatic rings. The van der Waals surface area contributed by atoms with Crippen LogP contribution < -0.4 is 0 Å². The van der Waals surface area contributed by atoms with Gasteiger partial charge in [0.2, 0.25) is 0 Å². The molecule has 0 rings (SSSR count). The largest absolute Gasteiger partial charge is 0.394 e. The van der Waals surface area contributed by atoms with Gasteiger partial charge in [-0.05, 0) is 50.4 Å². The average Bonchev–Trinajstić information content (AvgIpc) is 2.69. The van der Waals surface area contributed by atoms with Crippen molar-refractivity contribution in [3.05, 3.63) is 11.6 Å². The van der Waals surface area contributed by atoms with Gasteiger partial charge in [0.1, 0.15) is 12.2 Å². The number of unbranched alkanes of at least 4 members (excludes halogenated alkanes) is 1. The van der Waals surface area contributed by atoms with E-state index in [4.69, 9.17) is 14.9 Å². The molecule has 4 heteroatoms. The zero-order chi connectivity index (χ0) is 22.8. The van der Waals surface area contributed by atoms with Crippen LogP contribution >= 0.6 is 0 Å². The van der Waals surface area contributed by atoms with Gasteiger partial charge in [0.05, 0.1) is 13.2 Å². The second-order valence-corrected chi connectivity index (χ2v) is 9.89. The van der Waals surface area contributed by atoms with Crippen molar-refractivity contribution < 1.29 is 20.1 Å². The number of aliphatic hydroxyl groups is 3. The van der Waals surface area contributed by atoms with Crippen LogP contribution in [0.15, 0.2) is 11.6 Å². The first-order valence-corrected chi connectivity index (χ1v) is 12.5. The molecule has 0 saturated heterocycles. The lowest BCUT2D eigenvalue weighted by Crippen LogP contribution is -2.35. The van der Waals surface area contributed by atoms with Crippen LogP contribution in [0, 0.1) is 17.8 Å². The fourth-order valence-corrected chi connectivity index (χ4v) is 3.88. The molecule has 4 atom stereocenters. The third kappa shape index (κ3) is 17.3. The summed E-state index contributed by atoms with van der Waals surface area (Å²) in [6.07, 6.45) is 14.4. The van der Waals surface area contributed by atoms with Crippen molar-refractivity contribution >= 4 is 0 Å². The quantitative estimate of drug-likeness (QED) is 0.167. The summed E-state index contributed by atoms with van der Waals surface area (Å²) in [7, 11) is 0. The predicted octanol–water partition coefficient (Wildman–Crippen LogP) is 5.88. The molecule has 180 valence electrons. The summed E-state index contributed by atoms with van der Waals surface area (Å²) >= 11 is 0. The van der Waals surface area contributed by atoms with Gasteiger partial charge in [0.15, 0.2) is 0 Å². The standard InChI is InChI=1S/C26H52O4/c1-21(2)11-8-13-23(4)15-10-17-24(5)16-9-14-22(3)12-6-7-18-30-26(20-28)25(29)19-27/h12,21,23-29H,6-11,13-20H2,1-5H3/b22-12+. The molecular formula is C26H52O4. The van der Waals surface area contributed by atoms with E-state index >= 15 is 0 Å². The molecule has 4 nitrogen and oxygen atoms in total. The van der Waals surface area contributed by atoms with Gasteiger partial charge in [-0.15, -0.1) is 0 Å². The minimum atomic E-state index is -1.01.